The summed E-state index contributed by atoms with van der Waals surface area (Å²) in [5.74, 6) is -1.20. The third-order valence-corrected chi connectivity index (χ3v) is 12.2. The first-order chi connectivity index (χ1) is 32.0. The largest absolute Gasteiger partial charge is 0.458 e. The van der Waals surface area contributed by atoms with Gasteiger partial charge in [-0.1, -0.05) is 160 Å². The first-order valence-corrected chi connectivity index (χ1v) is 25.6. The standard InChI is InChI=1S/C51H90O15/c1-3-5-7-9-11-13-15-17-19-21-23-25-27-29-31-33-42(53)61-36-39(64-43(54)34-32-30-28-26-24-22-20-18-16-14-12-10-8-6-4-2)37-62-50-49(60)47(58)45(56)41(66-50)38-63-51-48(59)46(57)44(55)40(35-52)65-51/h24,26-27,29,31,33,39-41,44-52,55-60H,3-23,25,28,30,32,34-38H2,1-2H3/b26-24+,29-27+,33-31+/t39-,40-,41-,44+,45+,46?,47?,48?,49?,50-,51-/m1/s1. The van der Waals surface area contributed by atoms with E-state index in [4.69, 9.17) is 28.4 Å². The van der Waals surface area contributed by atoms with E-state index in [9.17, 15) is 45.3 Å². The maximum absolute atomic E-state index is 13.0. The van der Waals surface area contributed by atoms with E-state index in [1.807, 2.05) is 6.08 Å². The van der Waals surface area contributed by atoms with E-state index < -0.39 is 99.3 Å². The van der Waals surface area contributed by atoms with Crippen LogP contribution in [0.25, 0.3) is 0 Å². The maximum Gasteiger partial charge on any atom is 0.330 e. The minimum absolute atomic E-state index is 0.116. The van der Waals surface area contributed by atoms with Gasteiger partial charge in [0, 0.05) is 12.5 Å². The molecule has 7 N–H and O–H groups in total. The number of aliphatic hydroxyl groups excluding tert-OH is 7. The summed E-state index contributed by atoms with van der Waals surface area (Å²) in [4.78, 5) is 25.6. The minimum Gasteiger partial charge on any atom is -0.458 e. The Balaban J connectivity index is 1.86. The lowest BCUT2D eigenvalue weighted by Gasteiger charge is -2.42. The molecule has 11 atom stereocenters. The van der Waals surface area contributed by atoms with Crippen LogP contribution in [0.5, 0.6) is 0 Å². The van der Waals surface area contributed by atoms with E-state index in [2.05, 4.69) is 26.0 Å². The molecule has 2 rings (SSSR count). The molecule has 0 radical (unpaired) electrons. The van der Waals surface area contributed by atoms with Gasteiger partial charge in [-0.2, -0.15) is 0 Å². The van der Waals surface area contributed by atoms with Gasteiger partial charge in [0.1, 0.15) is 55.4 Å². The van der Waals surface area contributed by atoms with Crippen molar-refractivity contribution in [2.24, 2.45) is 0 Å². The molecule has 2 saturated heterocycles. The van der Waals surface area contributed by atoms with Crippen molar-refractivity contribution in [2.45, 2.75) is 248 Å². The van der Waals surface area contributed by atoms with Crippen LogP contribution in [0.4, 0.5) is 0 Å². The summed E-state index contributed by atoms with van der Waals surface area (Å²) in [7, 11) is 0. The first kappa shape index (κ1) is 59.8. The fraction of sp³-hybridized carbons (Fsp3) is 0.843. The molecule has 2 fully saturated rings. The zero-order valence-corrected chi connectivity index (χ0v) is 40.4. The lowest BCUT2D eigenvalue weighted by atomic mass is 9.98. The van der Waals surface area contributed by atoms with Gasteiger partial charge in [-0.15, -0.1) is 0 Å². The van der Waals surface area contributed by atoms with Gasteiger partial charge in [-0.05, 0) is 44.9 Å². The van der Waals surface area contributed by atoms with Gasteiger partial charge in [0.15, 0.2) is 18.7 Å². The van der Waals surface area contributed by atoms with Crippen molar-refractivity contribution in [3.8, 4) is 0 Å². The normalized spacial score (nSPS) is 26.4. The molecule has 0 saturated carbocycles. The Morgan fingerprint density at radius 1 is 0.515 bits per heavy atom. The summed E-state index contributed by atoms with van der Waals surface area (Å²) in [5, 5.41) is 72.0. The average molecular weight is 943 g/mol. The van der Waals surface area contributed by atoms with Crippen LogP contribution in [0.15, 0.2) is 36.5 Å². The Labute approximate surface area is 395 Å². The topological polar surface area (TPSA) is 231 Å². The number of allylic oxidation sites excluding steroid dienone is 5. The highest BCUT2D eigenvalue weighted by Gasteiger charge is 2.47. The van der Waals surface area contributed by atoms with Crippen molar-refractivity contribution in [3.63, 3.8) is 0 Å². The Hall–Kier alpha value is -2.28. The second kappa shape index (κ2) is 38.6. The molecule has 2 heterocycles. The number of rotatable bonds is 39. The van der Waals surface area contributed by atoms with Crippen molar-refractivity contribution in [2.75, 3.05) is 26.4 Å². The van der Waals surface area contributed by atoms with Crippen molar-refractivity contribution in [1.29, 1.82) is 0 Å². The summed E-state index contributed by atoms with van der Waals surface area (Å²) in [6.07, 6.45) is 23.8. The predicted octanol–water partition coefficient (Wildman–Crippen LogP) is 6.93. The number of aliphatic hydroxyl groups is 7. The smallest absolute Gasteiger partial charge is 0.330 e. The van der Waals surface area contributed by atoms with Gasteiger partial charge in [0.25, 0.3) is 0 Å². The van der Waals surface area contributed by atoms with Crippen molar-refractivity contribution in [1.82, 2.24) is 0 Å². The third kappa shape index (κ3) is 26.5. The molecule has 15 nitrogen and oxygen atoms in total. The zero-order valence-electron chi connectivity index (χ0n) is 40.4. The van der Waals surface area contributed by atoms with Crippen molar-refractivity contribution < 1.29 is 73.8 Å². The second-order valence-corrected chi connectivity index (χ2v) is 18.1. The predicted molar refractivity (Wildman–Crippen MR) is 252 cm³/mol. The summed E-state index contributed by atoms with van der Waals surface area (Å²) in [5.41, 5.74) is 0. The Morgan fingerprint density at radius 2 is 0.970 bits per heavy atom. The van der Waals surface area contributed by atoms with Crippen LogP contribution < -0.4 is 0 Å². The maximum atomic E-state index is 13.0. The molecule has 4 unspecified atom stereocenters. The highest BCUT2D eigenvalue weighted by molar-refractivity contribution is 5.82. The Bertz CT molecular complexity index is 1290. The van der Waals surface area contributed by atoms with E-state index in [1.54, 1.807) is 12.2 Å². The molecule has 0 aromatic rings. The highest BCUT2D eigenvalue weighted by atomic mass is 16.7. The van der Waals surface area contributed by atoms with E-state index >= 15 is 0 Å². The molecule has 15 heteroatoms. The highest BCUT2D eigenvalue weighted by Crippen LogP contribution is 2.26. The number of ether oxygens (including phenoxy) is 6. The van der Waals surface area contributed by atoms with Gasteiger partial charge >= 0.3 is 11.9 Å². The van der Waals surface area contributed by atoms with Crippen LogP contribution in [0, 0.1) is 0 Å². The lowest BCUT2D eigenvalue weighted by Crippen LogP contribution is -2.61. The molecule has 66 heavy (non-hydrogen) atoms. The fourth-order valence-electron chi connectivity index (χ4n) is 7.95. The van der Waals surface area contributed by atoms with Crippen LogP contribution in [0.2, 0.25) is 0 Å². The summed E-state index contributed by atoms with van der Waals surface area (Å²) < 4.78 is 33.3. The number of esters is 2. The molecule has 384 valence electrons. The number of unbranched alkanes of at least 4 members (excludes halogenated alkanes) is 22. The molecule has 0 spiro atoms. The van der Waals surface area contributed by atoms with Crippen LogP contribution in [0.1, 0.15) is 181 Å². The summed E-state index contributed by atoms with van der Waals surface area (Å²) in [6, 6.07) is 0. The van der Waals surface area contributed by atoms with Gasteiger partial charge in [0.05, 0.1) is 19.8 Å². The number of hydrogen-bond donors (Lipinski definition) is 7. The molecule has 0 aromatic heterocycles. The second-order valence-electron chi connectivity index (χ2n) is 18.1. The number of hydrogen-bond acceptors (Lipinski definition) is 15. The molecule has 0 bridgehead atoms. The van der Waals surface area contributed by atoms with Gasteiger partial charge < -0.3 is 64.2 Å². The molecule has 0 aromatic carbocycles. The van der Waals surface area contributed by atoms with Crippen LogP contribution in [0.3, 0.4) is 0 Å². The minimum atomic E-state index is -1.78. The first-order valence-electron chi connectivity index (χ1n) is 25.6. The number of carbonyl (C=O) groups excluding carboxylic acids is 2. The van der Waals surface area contributed by atoms with E-state index in [1.165, 1.54) is 128 Å². The van der Waals surface area contributed by atoms with Gasteiger partial charge in [-0.3, -0.25) is 4.79 Å². The van der Waals surface area contributed by atoms with Crippen LogP contribution >= 0.6 is 0 Å². The Morgan fingerprint density at radius 3 is 1.50 bits per heavy atom. The average Bonchev–Trinajstić information content (AvgIpc) is 3.31. The molecule has 0 amide bonds. The monoisotopic (exact) mass is 943 g/mol. The van der Waals surface area contributed by atoms with Crippen molar-refractivity contribution in [3.05, 3.63) is 36.5 Å². The molecule has 0 aliphatic carbocycles. The number of carbonyl (C=O) groups is 2. The molecule has 2 aliphatic rings. The van der Waals surface area contributed by atoms with E-state index in [0.717, 1.165) is 32.1 Å². The van der Waals surface area contributed by atoms with Crippen LogP contribution in [-0.2, 0) is 38.0 Å². The van der Waals surface area contributed by atoms with E-state index in [-0.39, 0.29) is 13.0 Å². The quantitative estimate of drug-likeness (QED) is 0.0109. The van der Waals surface area contributed by atoms with Crippen molar-refractivity contribution >= 4 is 11.9 Å². The SMILES string of the molecule is CCCCCCCCCCC/C=C/CCCCC(=O)O[C@H](COC(=O)/C=C/C=C/CCCCCCCCCCCCC)CO[C@@H]1O[C@H](CO[C@@H]2O[C@H](CO)[C@H](O)C(O)C2O)[C@H](O)C(O)C1O. The van der Waals surface area contributed by atoms with E-state index in [0.29, 0.717) is 6.42 Å². The van der Waals surface area contributed by atoms with Gasteiger partial charge in [-0.25, -0.2) is 4.79 Å². The summed E-state index contributed by atoms with van der Waals surface area (Å²) in [6.45, 7) is 2.45. The fourth-order valence-corrected chi connectivity index (χ4v) is 7.95. The third-order valence-electron chi connectivity index (χ3n) is 12.2. The molecular formula is C51H90O15. The van der Waals surface area contributed by atoms with Crippen LogP contribution in [-0.4, -0.2) is 142 Å². The molecule has 2 aliphatic heterocycles. The molecular weight excluding hydrogens is 853 g/mol. The lowest BCUT2D eigenvalue weighted by molar-refractivity contribution is -0.332. The summed E-state index contributed by atoms with van der Waals surface area (Å²) >= 11 is 0. The zero-order chi connectivity index (χ0) is 48.2. The Kier molecular flexibility index (Phi) is 35.0. The van der Waals surface area contributed by atoms with Gasteiger partial charge in [0.2, 0.25) is 0 Å².